The topological polar surface area (TPSA) is 52.6 Å². The molecule has 0 aromatic heterocycles. The summed E-state index contributed by atoms with van der Waals surface area (Å²) in [5.41, 5.74) is 1.37. The number of ether oxygens (including phenoxy) is 2. The van der Waals surface area contributed by atoms with Gasteiger partial charge in [0.05, 0.1) is 17.7 Å². The summed E-state index contributed by atoms with van der Waals surface area (Å²) in [5.74, 6) is -1.02. The molecule has 2 rings (SSSR count). The van der Waals surface area contributed by atoms with Crippen molar-refractivity contribution < 1.29 is 19.1 Å². The Hall–Kier alpha value is -2.62. The number of unbranched alkanes of at least 4 members (excludes halogenated alkanes) is 2. The molecule has 0 aliphatic heterocycles. The van der Waals surface area contributed by atoms with E-state index in [1.807, 2.05) is 30.3 Å². The standard InChI is InChI=1S/C20H22O4/c1-2-3-9-14-23-19(21)17-12-7-8-13-18(17)20(22)24-15-16-10-5-4-6-11-16/h4-8,10-13H,2-3,9,14-15H2,1H3. The lowest BCUT2D eigenvalue weighted by atomic mass is 10.1. The van der Waals surface area contributed by atoms with Gasteiger partial charge in [0, 0.05) is 0 Å². The Labute approximate surface area is 142 Å². The van der Waals surface area contributed by atoms with Gasteiger partial charge in [0.1, 0.15) is 6.61 Å². The fraction of sp³-hybridized carbons (Fsp3) is 0.300. The quantitative estimate of drug-likeness (QED) is 0.533. The van der Waals surface area contributed by atoms with Crippen molar-refractivity contribution in [2.75, 3.05) is 6.61 Å². The number of hydrogen-bond donors (Lipinski definition) is 0. The monoisotopic (exact) mass is 326 g/mol. The zero-order valence-electron chi connectivity index (χ0n) is 13.9. The number of rotatable bonds is 8. The molecule has 0 aliphatic carbocycles. The van der Waals surface area contributed by atoms with Crippen LogP contribution < -0.4 is 0 Å². The zero-order valence-corrected chi connectivity index (χ0v) is 13.9. The van der Waals surface area contributed by atoms with Gasteiger partial charge in [-0.15, -0.1) is 0 Å². The zero-order chi connectivity index (χ0) is 17.2. The molecule has 0 bridgehead atoms. The normalized spacial score (nSPS) is 10.2. The van der Waals surface area contributed by atoms with Crippen LogP contribution in [0, 0.1) is 0 Å². The van der Waals surface area contributed by atoms with Gasteiger partial charge in [-0.25, -0.2) is 9.59 Å². The van der Waals surface area contributed by atoms with Crippen LogP contribution in [-0.2, 0) is 16.1 Å². The van der Waals surface area contributed by atoms with E-state index in [-0.39, 0.29) is 17.7 Å². The molecule has 24 heavy (non-hydrogen) atoms. The summed E-state index contributed by atoms with van der Waals surface area (Å²) in [7, 11) is 0. The van der Waals surface area contributed by atoms with Crippen molar-refractivity contribution in [3.05, 3.63) is 71.3 Å². The Morgan fingerprint density at radius 3 is 2.00 bits per heavy atom. The van der Waals surface area contributed by atoms with Crippen LogP contribution in [0.2, 0.25) is 0 Å². The van der Waals surface area contributed by atoms with Gasteiger partial charge in [-0.3, -0.25) is 0 Å². The molecular formula is C20H22O4. The highest BCUT2D eigenvalue weighted by Gasteiger charge is 2.18. The third-order valence-electron chi connectivity index (χ3n) is 3.56. The summed E-state index contributed by atoms with van der Waals surface area (Å²) >= 11 is 0. The molecular weight excluding hydrogens is 304 g/mol. The molecule has 0 N–H and O–H groups in total. The first-order valence-electron chi connectivity index (χ1n) is 8.19. The van der Waals surface area contributed by atoms with Crippen LogP contribution in [-0.4, -0.2) is 18.5 Å². The maximum absolute atomic E-state index is 12.3. The molecule has 0 radical (unpaired) electrons. The number of benzene rings is 2. The molecule has 0 saturated carbocycles. The predicted octanol–water partition coefficient (Wildman–Crippen LogP) is 4.39. The summed E-state index contributed by atoms with van der Waals surface area (Å²) in [6.45, 7) is 2.61. The molecule has 0 atom stereocenters. The van der Waals surface area contributed by atoms with Gasteiger partial charge in [-0.2, -0.15) is 0 Å². The molecule has 0 aliphatic rings. The van der Waals surface area contributed by atoms with Crippen molar-refractivity contribution in [1.29, 1.82) is 0 Å². The Balaban J connectivity index is 1.99. The first kappa shape index (κ1) is 17.7. The van der Waals surface area contributed by atoms with Crippen molar-refractivity contribution in [3.8, 4) is 0 Å². The van der Waals surface area contributed by atoms with Gasteiger partial charge in [0.25, 0.3) is 0 Å². The van der Waals surface area contributed by atoms with E-state index in [2.05, 4.69) is 6.92 Å². The van der Waals surface area contributed by atoms with Gasteiger partial charge < -0.3 is 9.47 Å². The van der Waals surface area contributed by atoms with Crippen LogP contribution >= 0.6 is 0 Å². The van der Waals surface area contributed by atoms with Crippen LogP contribution in [0.25, 0.3) is 0 Å². The second-order valence-electron chi connectivity index (χ2n) is 5.45. The summed E-state index contributed by atoms with van der Waals surface area (Å²) < 4.78 is 10.5. The highest BCUT2D eigenvalue weighted by atomic mass is 16.5. The van der Waals surface area contributed by atoms with E-state index in [0.717, 1.165) is 24.8 Å². The van der Waals surface area contributed by atoms with Crippen LogP contribution in [0.15, 0.2) is 54.6 Å². The van der Waals surface area contributed by atoms with E-state index in [1.54, 1.807) is 24.3 Å². The number of carbonyl (C=O) groups excluding carboxylic acids is 2. The highest BCUT2D eigenvalue weighted by Crippen LogP contribution is 2.14. The molecule has 0 amide bonds. The SMILES string of the molecule is CCCCCOC(=O)c1ccccc1C(=O)OCc1ccccc1. The fourth-order valence-corrected chi connectivity index (χ4v) is 2.23. The Morgan fingerprint density at radius 1 is 0.792 bits per heavy atom. The lowest BCUT2D eigenvalue weighted by Crippen LogP contribution is -2.14. The van der Waals surface area contributed by atoms with Gasteiger partial charge in [-0.05, 0) is 24.1 Å². The first-order chi connectivity index (χ1) is 11.7. The van der Waals surface area contributed by atoms with Crippen molar-refractivity contribution in [2.45, 2.75) is 32.8 Å². The largest absolute Gasteiger partial charge is 0.462 e. The average molecular weight is 326 g/mol. The molecule has 0 fully saturated rings. The van der Waals surface area contributed by atoms with Crippen molar-refractivity contribution >= 4 is 11.9 Å². The summed E-state index contributed by atoms with van der Waals surface area (Å²) in [4.78, 5) is 24.5. The van der Waals surface area contributed by atoms with Crippen molar-refractivity contribution in [1.82, 2.24) is 0 Å². The molecule has 4 heteroatoms. The second-order valence-corrected chi connectivity index (χ2v) is 5.45. The predicted molar refractivity (Wildman–Crippen MR) is 91.8 cm³/mol. The van der Waals surface area contributed by atoms with Gasteiger partial charge in [0.15, 0.2) is 0 Å². The third kappa shape index (κ3) is 5.23. The molecule has 0 heterocycles. The summed E-state index contributed by atoms with van der Waals surface area (Å²) in [6.07, 6.45) is 2.89. The summed E-state index contributed by atoms with van der Waals surface area (Å²) in [6, 6.07) is 16.0. The minimum atomic E-state index is -0.528. The third-order valence-corrected chi connectivity index (χ3v) is 3.56. The Bertz CT molecular complexity index is 664. The lowest BCUT2D eigenvalue weighted by Gasteiger charge is -2.10. The smallest absolute Gasteiger partial charge is 0.339 e. The van der Waals surface area contributed by atoms with E-state index in [9.17, 15) is 9.59 Å². The molecule has 0 unspecified atom stereocenters. The van der Waals surface area contributed by atoms with E-state index in [4.69, 9.17) is 9.47 Å². The number of hydrogen-bond acceptors (Lipinski definition) is 4. The maximum atomic E-state index is 12.3. The molecule has 0 spiro atoms. The maximum Gasteiger partial charge on any atom is 0.339 e. The molecule has 0 saturated heterocycles. The van der Waals surface area contributed by atoms with E-state index in [0.29, 0.717) is 6.61 Å². The number of esters is 2. The van der Waals surface area contributed by atoms with Crippen LogP contribution in [0.3, 0.4) is 0 Å². The van der Waals surface area contributed by atoms with E-state index >= 15 is 0 Å². The van der Waals surface area contributed by atoms with Gasteiger partial charge in [0.2, 0.25) is 0 Å². The molecule has 126 valence electrons. The molecule has 4 nitrogen and oxygen atoms in total. The van der Waals surface area contributed by atoms with Crippen LogP contribution in [0.1, 0.15) is 52.5 Å². The highest BCUT2D eigenvalue weighted by molar-refractivity contribution is 6.03. The Kier molecular flexibility index (Phi) is 7.02. The van der Waals surface area contributed by atoms with Crippen LogP contribution in [0.5, 0.6) is 0 Å². The van der Waals surface area contributed by atoms with Crippen molar-refractivity contribution in [3.63, 3.8) is 0 Å². The van der Waals surface area contributed by atoms with Gasteiger partial charge in [-0.1, -0.05) is 62.2 Å². The van der Waals surface area contributed by atoms with E-state index in [1.165, 1.54) is 0 Å². The minimum Gasteiger partial charge on any atom is -0.462 e. The lowest BCUT2D eigenvalue weighted by molar-refractivity contribution is 0.0436. The van der Waals surface area contributed by atoms with Crippen molar-refractivity contribution in [2.24, 2.45) is 0 Å². The van der Waals surface area contributed by atoms with Crippen LogP contribution in [0.4, 0.5) is 0 Å². The number of carbonyl (C=O) groups is 2. The fourth-order valence-electron chi connectivity index (χ4n) is 2.23. The van der Waals surface area contributed by atoms with E-state index < -0.39 is 11.9 Å². The Morgan fingerprint density at radius 2 is 1.38 bits per heavy atom. The second kappa shape index (κ2) is 9.50. The first-order valence-corrected chi connectivity index (χ1v) is 8.19. The average Bonchev–Trinajstić information content (AvgIpc) is 2.64. The van der Waals surface area contributed by atoms with Gasteiger partial charge >= 0.3 is 11.9 Å². The molecule has 2 aromatic carbocycles. The molecule has 2 aromatic rings. The summed E-state index contributed by atoms with van der Waals surface area (Å²) in [5, 5.41) is 0. The minimum absolute atomic E-state index is 0.166.